The number of carbonyl (C=O) groups excluding carboxylic acids is 2. The Bertz CT molecular complexity index is 2430. The number of nitrogens with zero attached hydrogens (tertiary/aromatic N) is 2. The fourth-order valence-corrected chi connectivity index (χ4v) is 8.18. The third kappa shape index (κ3) is 8.00. The first kappa shape index (κ1) is 41.4. The number of hydrogen-bond donors (Lipinski definition) is 0. The molecule has 0 fully saturated rings. The zero-order valence-corrected chi connectivity index (χ0v) is 33.6. The largest absolute Gasteiger partial charge is 0.486 e. The van der Waals surface area contributed by atoms with E-state index in [1.165, 1.54) is 25.1 Å². The van der Waals surface area contributed by atoms with Crippen LogP contribution in [0.4, 0.5) is 17.6 Å². The molecule has 0 amide bonds. The van der Waals surface area contributed by atoms with Gasteiger partial charge in [0.25, 0.3) is 0 Å². The molecular formula is C47H50F4N2O4. The summed E-state index contributed by atoms with van der Waals surface area (Å²) in [4.78, 5) is 32.3. The van der Waals surface area contributed by atoms with E-state index in [0.29, 0.717) is 17.0 Å². The first-order chi connectivity index (χ1) is 27.1. The fourth-order valence-electron chi connectivity index (χ4n) is 8.18. The summed E-state index contributed by atoms with van der Waals surface area (Å²) in [5.41, 5.74) is 4.50. The summed E-state index contributed by atoms with van der Waals surface area (Å²) in [6, 6.07) is 21.7. The number of ketones is 1. The second-order valence-corrected chi connectivity index (χ2v) is 15.6. The van der Waals surface area contributed by atoms with Crippen LogP contribution in [0.1, 0.15) is 95.6 Å². The van der Waals surface area contributed by atoms with E-state index in [1.807, 2.05) is 57.2 Å². The predicted molar refractivity (Wildman–Crippen MR) is 220 cm³/mol. The molecule has 0 N–H and O–H groups in total. The van der Waals surface area contributed by atoms with Crippen LogP contribution in [-0.2, 0) is 16.2 Å². The number of ether oxygens (including phenoxy) is 1. The molecule has 1 heterocycles. The number of unbranched alkanes of at least 4 members (excludes halogenated alkanes) is 1. The number of Topliss-reactive ketones (excluding diaryl/α,β-unsaturated/α-hetero) is 1. The van der Waals surface area contributed by atoms with Gasteiger partial charge in [0.05, 0.1) is 10.9 Å². The number of oxime groups is 1. The minimum atomic E-state index is -4.40. The number of halogens is 4. The second-order valence-electron chi connectivity index (χ2n) is 15.6. The van der Waals surface area contributed by atoms with Gasteiger partial charge in [0.1, 0.15) is 11.5 Å². The molecule has 5 aromatic rings. The number of aromatic nitrogens is 1. The van der Waals surface area contributed by atoms with Crippen LogP contribution in [0, 0.1) is 17.3 Å². The van der Waals surface area contributed by atoms with Crippen LogP contribution in [0.5, 0.6) is 5.75 Å². The lowest BCUT2D eigenvalue weighted by molar-refractivity contribution is -0.148. The average molecular weight is 783 g/mol. The van der Waals surface area contributed by atoms with Crippen molar-refractivity contribution >= 4 is 50.0 Å². The molecule has 4 aromatic carbocycles. The minimum absolute atomic E-state index is 0.0146. The van der Waals surface area contributed by atoms with E-state index >= 15 is 4.79 Å². The van der Waals surface area contributed by atoms with E-state index in [-0.39, 0.29) is 28.7 Å². The van der Waals surface area contributed by atoms with Crippen LogP contribution in [0.3, 0.4) is 0 Å². The molecule has 1 aromatic heterocycles. The molecule has 0 aliphatic heterocycles. The molecule has 0 bridgehead atoms. The van der Waals surface area contributed by atoms with Gasteiger partial charge in [-0.2, -0.15) is 8.78 Å². The maximum Gasteiger partial charge on any atom is 0.340 e. The topological polar surface area (TPSA) is 69.9 Å². The highest BCUT2D eigenvalue weighted by molar-refractivity contribution is 6.25. The van der Waals surface area contributed by atoms with Crippen molar-refractivity contribution < 1.29 is 36.7 Å². The zero-order chi connectivity index (χ0) is 41.2. The number of carbonyl (C=O) groups is 2. The molecule has 1 aliphatic carbocycles. The lowest BCUT2D eigenvalue weighted by atomic mass is 9.64. The van der Waals surface area contributed by atoms with Gasteiger partial charge in [-0.05, 0) is 74.7 Å². The molecule has 10 heteroatoms. The summed E-state index contributed by atoms with van der Waals surface area (Å²) in [6.07, 6.45) is 4.50. The average Bonchev–Trinajstić information content (AvgIpc) is 3.49. The summed E-state index contributed by atoms with van der Waals surface area (Å²) in [5, 5.41) is 7.60. The van der Waals surface area contributed by atoms with Gasteiger partial charge in [0.15, 0.2) is 12.4 Å². The van der Waals surface area contributed by atoms with Gasteiger partial charge in [-0.25, -0.2) is 13.6 Å². The molecule has 3 atom stereocenters. The molecule has 6 rings (SSSR count). The van der Waals surface area contributed by atoms with Crippen molar-refractivity contribution in [1.82, 2.24) is 4.57 Å². The molecule has 3 unspecified atom stereocenters. The first-order valence-electron chi connectivity index (χ1n) is 19.7. The molecule has 0 saturated carbocycles. The normalized spacial score (nSPS) is 18.2. The quantitative estimate of drug-likeness (QED) is 0.0349. The van der Waals surface area contributed by atoms with Crippen molar-refractivity contribution in [2.24, 2.45) is 22.4 Å². The van der Waals surface area contributed by atoms with E-state index in [9.17, 15) is 22.4 Å². The highest BCUT2D eigenvalue weighted by Crippen LogP contribution is 2.46. The van der Waals surface area contributed by atoms with Gasteiger partial charge in [0, 0.05) is 51.8 Å². The standard InChI is InChI=1S/C47H50F4N2O4/c1-8-10-15-32(9-2)26-53-40-21-20-33(42(52-57-31(6)54)36-18-13-14-19-41(36)56-27-47(50,51)45(48)49)24-37(40)38-25-39(34-16-11-12-17-35(34)43(38)53)44(55)46(7)29(4)22-28(3)23-30(46)5/h11-14,16-25,29,32,45H,8-10,15,26-27H2,1-7H3/b52-42+. The van der Waals surface area contributed by atoms with Crippen molar-refractivity contribution in [2.45, 2.75) is 93.0 Å². The molecule has 0 saturated heterocycles. The van der Waals surface area contributed by atoms with Gasteiger partial charge in [0.2, 0.25) is 0 Å². The van der Waals surface area contributed by atoms with Crippen molar-refractivity contribution in [3.63, 3.8) is 0 Å². The number of alkyl halides is 4. The van der Waals surface area contributed by atoms with E-state index < -0.39 is 30.3 Å². The lowest BCUT2D eigenvalue weighted by Gasteiger charge is -2.37. The Hall–Kier alpha value is -5.25. The van der Waals surface area contributed by atoms with Crippen molar-refractivity contribution in [2.75, 3.05) is 6.61 Å². The van der Waals surface area contributed by atoms with Crippen LogP contribution in [-0.4, -0.2) is 41.0 Å². The first-order valence-corrected chi connectivity index (χ1v) is 19.7. The number of para-hydroxylation sites is 1. The molecule has 6 nitrogen and oxygen atoms in total. The van der Waals surface area contributed by atoms with Gasteiger partial charge < -0.3 is 14.1 Å². The van der Waals surface area contributed by atoms with E-state index in [1.54, 1.807) is 12.1 Å². The number of allylic oxidation sites excluding steroid dienone is 4. The van der Waals surface area contributed by atoms with Crippen LogP contribution in [0.2, 0.25) is 0 Å². The smallest absolute Gasteiger partial charge is 0.340 e. The summed E-state index contributed by atoms with van der Waals surface area (Å²) in [7, 11) is 0. The van der Waals surface area contributed by atoms with Gasteiger partial charge in [-0.1, -0.05) is 111 Å². The van der Waals surface area contributed by atoms with Gasteiger partial charge >= 0.3 is 18.3 Å². The van der Waals surface area contributed by atoms with Gasteiger partial charge in [-0.3, -0.25) is 4.79 Å². The molecular weight excluding hydrogens is 733 g/mol. The summed E-state index contributed by atoms with van der Waals surface area (Å²) < 4.78 is 61.9. The third-order valence-electron chi connectivity index (χ3n) is 11.7. The molecule has 57 heavy (non-hydrogen) atoms. The van der Waals surface area contributed by atoms with Gasteiger partial charge in [-0.15, -0.1) is 0 Å². The Morgan fingerprint density at radius 1 is 0.930 bits per heavy atom. The highest BCUT2D eigenvalue weighted by Gasteiger charge is 2.43. The van der Waals surface area contributed by atoms with Crippen molar-refractivity contribution in [3.05, 3.63) is 113 Å². The van der Waals surface area contributed by atoms with E-state index in [2.05, 4.69) is 48.7 Å². The summed E-state index contributed by atoms with van der Waals surface area (Å²) in [5.74, 6) is -4.92. The number of benzene rings is 4. The molecule has 0 spiro atoms. The number of rotatable bonds is 15. The van der Waals surface area contributed by atoms with E-state index in [0.717, 1.165) is 76.0 Å². The Morgan fingerprint density at radius 2 is 1.63 bits per heavy atom. The Morgan fingerprint density at radius 3 is 2.30 bits per heavy atom. The van der Waals surface area contributed by atoms with Crippen LogP contribution in [0.15, 0.2) is 101 Å². The van der Waals surface area contributed by atoms with Crippen LogP contribution in [0.25, 0.3) is 32.6 Å². The van der Waals surface area contributed by atoms with Crippen molar-refractivity contribution in [3.8, 4) is 5.75 Å². The highest BCUT2D eigenvalue weighted by atomic mass is 19.3. The summed E-state index contributed by atoms with van der Waals surface area (Å²) in [6.45, 7) is 12.9. The monoisotopic (exact) mass is 782 g/mol. The Labute approximate surface area is 331 Å². The molecule has 1 aliphatic rings. The number of hydrogen-bond acceptors (Lipinski definition) is 5. The van der Waals surface area contributed by atoms with Crippen LogP contribution < -0.4 is 4.74 Å². The van der Waals surface area contributed by atoms with Crippen molar-refractivity contribution in [1.29, 1.82) is 0 Å². The minimum Gasteiger partial charge on any atom is -0.486 e. The van der Waals surface area contributed by atoms with E-state index in [4.69, 9.17) is 9.57 Å². The Balaban J connectivity index is 1.63. The number of fused-ring (bicyclic) bond motifs is 5. The third-order valence-corrected chi connectivity index (χ3v) is 11.7. The molecule has 0 radical (unpaired) electrons. The lowest BCUT2D eigenvalue weighted by Crippen LogP contribution is -2.37. The predicted octanol–water partition coefficient (Wildman–Crippen LogP) is 12.5. The SMILES string of the molecule is CCCCC(CC)Cn1c2ccc(/C(=N\OC(C)=O)c3ccccc3OCC(F)(F)C(F)F)cc2c2cc(C(=O)C3(C)C(C)=CC(C)=CC3C)c3ccccc3c21. The maximum atomic E-state index is 15.1. The summed E-state index contributed by atoms with van der Waals surface area (Å²) >= 11 is 0. The second kappa shape index (κ2) is 16.7. The Kier molecular flexibility index (Phi) is 12.1. The van der Waals surface area contributed by atoms with Crippen LogP contribution >= 0.6 is 0 Å². The zero-order valence-electron chi connectivity index (χ0n) is 33.6. The molecule has 300 valence electrons. The maximum absolute atomic E-state index is 15.1. The fraction of sp³-hybridized carbons (Fsp3) is 0.383.